The quantitative estimate of drug-likeness (QED) is 0.368. The molecule has 0 heterocycles. The van der Waals surface area contributed by atoms with Gasteiger partial charge in [0.25, 0.3) is 0 Å². The van der Waals surface area contributed by atoms with Crippen LogP contribution in [-0.4, -0.2) is 46.9 Å². The van der Waals surface area contributed by atoms with E-state index in [-0.39, 0.29) is 6.79 Å². The van der Waals surface area contributed by atoms with E-state index in [2.05, 4.69) is 31.2 Å². The molecule has 2 rings (SSSR count). The smallest absolute Gasteiger partial charge is 0.146 e. The molecule has 2 aromatic rings. The molecule has 0 aliphatic carbocycles. The average Bonchev–Trinajstić information content (AvgIpc) is 2.71. The van der Waals surface area contributed by atoms with Crippen LogP contribution in [0.2, 0.25) is 0 Å². The molecular weight excluding hydrogens is 344 g/mol. The van der Waals surface area contributed by atoms with Gasteiger partial charge in [-0.15, -0.1) is 0 Å². The van der Waals surface area contributed by atoms with Crippen LogP contribution < -0.4 is 9.47 Å². The van der Waals surface area contributed by atoms with Crippen LogP contribution >= 0.6 is 0 Å². The van der Waals surface area contributed by atoms with E-state index in [1.807, 2.05) is 24.3 Å². The molecule has 0 spiro atoms. The maximum atomic E-state index is 5.67. The van der Waals surface area contributed by atoms with E-state index >= 15 is 0 Å². The van der Waals surface area contributed by atoms with Gasteiger partial charge in [-0.25, -0.2) is 0 Å². The number of hydrogen-bond donors (Lipinski definition) is 0. The Bertz CT molecular complexity index is 610. The van der Waals surface area contributed by atoms with Crippen LogP contribution in [0.1, 0.15) is 24.5 Å². The van der Waals surface area contributed by atoms with Crippen LogP contribution in [-0.2, 0) is 20.6 Å². The molecule has 0 saturated carbocycles. The van der Waals surface area contributed by atoms with Crippen LogP contribution in [0.4, 0.5) is 0 Å². The highest BCUT2D eigenvalue weighted by Crippen LogP contribution is 2.18. The summed E-state index contributed by atoms with van der Waals surface area (Å²) in [7, 11) is 1.64. The van der Waals surface area contributed by atoms with Crippen molar-refractivity contribution in [1.29, 1.82) is 0 Å². The van der Waals surface area contributed by atoms with Crippen LogP contribution in [0.15, 0.2) is 48.5 Å². The van der Waals surface area contributed by atoms with Gasteiger partial charge in [-0.05, 0) is 48.2 Å². The zero-order chi connectivity index (χ0) is 19.2. The third kappa shape index (κ3) is 8.91. The Hall–Kier alpha value is -2.08. The summed E-state index contributed by atoms with van der Waals surface area (Å²) in [5.74, 6) is 1.77. The first-order valence-corrected chi connectivity index (χ1v) is 9.39. The van der Waals surface area contributed by atoms with E-state index in [0.29, 0.717) is 26.4 Å². The van der Waals surface area contributed by atoms with Crippen LogP contribution in [0.5, 0.6) is 11.5 Å². The van der Waals surface area contributed by atoms with E-state index < -0.39 is 0 Å². The Kier molecular flexibility index (Phi) is 10.3. The zero-order valence-electron chi connectivity index (χ0n) is 16.3. The van der Waals surface area contributed by atoms with E-state index in [9.17, 15) is 0 Å². The van der Waals surface area contributed by atoms with E-state index in [1.54, 1.807) is 7.11 Å². The van der Waals surface area contributed by atoms with Crippen molar-refractivity contribution in [3.8, 4) is 11.5 Å². The standard InChI is InChI=1S/C22H30O5/c1-3-12-26-21-8-4-19(5-9-21)17-20-6-10-22(11-7-20)27-16-15-25-18-24-14-13-23-2/h4-11H,3,12-18H2,1-2H3. The lowest BCUT2D eigenvalue weighted by Crippen LogP contribution is -2.11. The minimum absolute atomic E-state index is 0.258. The first-order chi connectivity index (χ1) is 13.3. The Balaban J connectivity index is 1.66. The summed E-state index contributed by atoms with van der Waals surface area (Å²) in [4.78, 5) is 0. The normalized spacial score (nSPS) is 10.7. The average molecular weight is 374 g/mol. The van der Waals surface area contributed by atoms with E-state index in [4.69, 9.17) is 23.7 Å². The molecule has 27 heavy (non-hydrogen) atoms. The lowest BCUT2D eigenvalue weighted by atomic mass is 10.0. The minimum atomic E-state index is 0.258. The summed E-state index contributed by atoms with van der Waals surface area (Å²) in [5, 5.41) is 0. The van der Waals surface area contributed by atoms with Crippen LogP contribution in [0.3, 0.4) is 0 Å². The van der Waals surface area contributed by atoms with Gasteiger partial charge in [-0.1, -0.05) is 31.2 Å². The predicted molar refractivity (Wildman–Crippen MR) is 106 cm³/mol. The molecule has 0 fully saturated rings. The third-order valence-electron chi connectivity index (χ3n) is 3.82. The predicted octanol–water partition coefficient (Wildman–Crippen LogP) is 4.08. The largest absolute Gasteiger partial charge is 0.494 e. The Morgan fingerprint density at radius 2 is 1.15 bits per heavy atom. The van der Waals surface area contributed by atoms with Crippen LogP contribution in [0, 0.1) is 0 Å². The molecule has 0 amide bonds. The van der Waals surface area contributed by atoms with Crippen molar-refractivity contribution in [2.75, 3.05) is 46.9 Å². The van der Waals surface area contributed by atoms with E-state index in [0.717, 1.165) is 30.9 Å². The lowest BCUT2D eigenvalue weighted by Gasteiger charge is -2.09. The fraction of sp³-hybridized carbons (Fsp3) is 0.455. The highest BCUT2D eigenvalue weighted by atomic mass is 16.7. The summed E-state index contributed by atoms with van der Waals surface area (Å²) >= 11 is 0. The van der Waals surface area contributed by atoms with Crippen molar-refractivity contribution in [3.05, 3.63) is 59.7 Å². The molecule has 0 atom stereocenters. The van der Waals surface area contributed by atoms with Gasteiger partial charge in [0.2, 0.25) is 0 Å². The summed E-state index contributed by atoms with van der Waals surface area (Å²) in [5.41, 5.74) is 2.50. The molecule has 0 unspecified atom stereocenters. The fourth-order valence-corrected chi connectivity index (χ4v) is 2.40. The van der Waals surface area contributed by atoms with Gasteiger partial charge < -0.3 is 23.7 Å². The Labute approximate surface area is 162 Å². The van der Waals surface area contributed by atoms with Crippen molar-refractivity contribution in [2.45, 2.75) is 19.8 Å². The van der Waals surface area contributed by atoms with E-state index in [1.165, 1.54) is 11.1 Å². The molecule has 0 N–H and O–H groups in total. The van der Waals surface area contributed by atoms with Gasteiger partial charge in [-0.3, -0.25) is 0 Å². The zero-order valence-corrected chi connectivity index (χ0v) is 16.3. The molecule has 2 aromatic carbocycles. The molecule has 0 aliphatic rings. The third-order valence-corrected chi connectivity index (χ3v) is 3.82. The first kappa shape index (κ1) is 21.2. The number of benzene rings is 2. The number of hydrogen-bond acceptors (Lipinski definition) is 5. The first-order valence-electron chi connectivity index (χ1n) is 9.39. The summed E-state index contributed by atoms with van der Waals surface area (Å²) < 4.78 is 26.7. The van der Waals surface area contributed by atoms with Gasteiger partial charge in [0.05, 0.1) is 26.4 Å². The number of ether oxygens (including phenoxy) is 5. The highest BCUT2D eigenvalue weighted by molar-refractivity contribution is 5.34. The molecule has 0 aromatic heterocycles. The lowest BCUT2D eigenvalue weighted by molar-refractivity contribution is -0.0710. The molecule has 148 valence electrons. The maximum Gasteiger partial charge on any atom is 0.146 e. The molecule has 0 radical (unpaired) electrons. The summed E-state index contributed by atoms with van der Waals surface area (Å²) in [6.45, 7) is 5.21. The summed E-state index contributed by atoms with van der Waals surface area (Å²) in [6.07, 6.45) is 1.90. The van der Waals surface area contributed by atoms with Gasteiger partial charge in [0.1, 0.15) is 24.9 Å². The maximum absolute atomic E-state index is 5.67. The monoisotopic (exact) mass is 374 g/mol. The fourth-order valence-electron chi connectivity index (χ4n) is 2.40. The number of methoxy groups -OCH3 is 1. The molecule has 5 nitrogen and oxygen atoms in total. The Morgan fingerprint density at radius 1 is 0.630 bits per heavy atom. The van der Waals surface area contributed by atoms with Crippen LogP contribution in [0.25, 0.3) is 0 Å². The second-order valence-electron chi connectivity index (χ2n) is 6.09. The molecule has 5 heteroatoms. The summed E-state index contributed by atoms with van der Waals surface area (Å²) in [6, 6.07) is 16.4. The second kappa shape index (κ2) is 13.1. The topological polar surface area (TPSA) is 46.2 Å². The molecule has 0 saturated heterocycles. The van der Waals surface area contributed by atoms with Crippen molar-refractivity contribution in [3.63, 3.8) is 0 Å². The van der Waals surface area contributed by atoms with Crippen molar-refractivity contribution < 1.29 is 23.7 Å². The molecule has 0 bridgehead atoms. The molecular formula is C22H30O5. The molecule has 0 aliphatic heterocycles. The van der Waals surface area contributed by atoms with Crippen molar-refractivity contribution in [2.24, 2.45) is 0 Å². The highest BCUT2D eigenvalue weighted by Gasteiger charge is 2.00. The van der Waals surface area contributed by atoms with Gasteiger partial charge in [0, 0.05) is 7.11 Å². The second-order valence-corrected chi connectivity index (χ2v) is 6.09. The number of rotatable bonds is 14. The SMILES string of the molecule is CCCOc1ccc(Cc2ccc(OCCOCOCCOC)cc2)cc1. The van der Waals surface area contributed by atoms with Gasteiger partial charge in [-0.2, -0.15) is 0 Å². The van der Waals surface area contributed by atoms with Crippen molar-refractivity contribution >= 4 is 0 Å². The van der Waals surface area contributed by atoms with Gasteiger partial charge >= 0.3 is 0 Å². The van der Waals surface area contributed by atoms with Crippen molar-refractivity contribution in [1.82, 2.24) is 0 Å². The van der Waals surface area contributed by atoms with Gasteiger partial charge in [0.15, 0.2) is 0 Å². The Morgan fingerprint density at radius 3 is 1.67 bits per heavy atom. The minimum Gasteiger partial charge on any atom is -0.494 e.